The van der Waals surface area contributed by atoms with Gasteiger partial charge in [-0.25, -0.2) is 9.98 Å². The summed E-state index contributed by atoms with van der Waals surface area (Å²) in [6.07, 6.45) is 1.53. The van der Waals surface area contributed by atoms with Gasteiger partial charge in [0.1, 0.15) is 5.01 Å². The van der Waals surface area contributed by atoms with Crippen molar-refractivity contribution in [2.75, 3.05) is 32.7 Å². The van der Waals surface area contributed by atoms with Crippen LogP contribution in [0.2, 0.25) is 0 Å². The Morgan fingerprint density at radius 1 is 1.28 bits per heavy atom. The summed E-state index contributed by atoms with van der Waals surface area (Å²) in [5.74, 6) is 1.22. The molecular formula is C20H30IN5O2S. The summed E-state index contributed by atoms with van der Waals surface area (Å²) in [5, 5.41) is 6.50. The van der Waals surface area contributed by atoms with E-state index >= 15 is 0 Å². The molecule has 2 aromatic heterocycles. The molecule has 9 heteroatoms. The smallest absolute Gasteiger partial charge is 0.289 e. The molecule has 1 N–H and O–H groups in total. The maximum absolute atomic E-state index is 12.4. The van der Waals surface area contributed by atoms with E-state index in [9.17, 15) is 4.79 Å². The minimum absolute atomic E-state index is 0. The number of amides is 1. The first-order chi connectivity index (χ1) is 13.4. The van der Waals surface area contributed by atoms with Gasteiger partial charge in [0.25, 0.3) is 5.91 Å². The van der Waals surface area contributed by atoms with Crippen LogP contribution in [-0.4, -0.2) is 59.4 Å². The number of carbonyl (C=O) groups is 1. The topological polar surface area (TPSA) is 74.0 Å². The second kappa shape index (κ2) is 10.4. The molecule has 0 aromatic carbocycles. The van der Waals surface area contributed by atoms with Crippen LogP contribution in [0.3, 0.4) is 0 Å². The quantitative estimate of drug-likeness (QED) is 0.371. The molecule has 0 saturated carbocycles. The Kier molecular flexibility index (Phi) is 8.50. The lowest BCUT2D eigenvalue weighted by Crippen LogP contribution is -2.53. The number of piperazine rings is 1. The van der Waals surface area contributed by atoms with Crippen molar-refractivity contribution in [1.29, 1.82) is 0 Å². The van der Waals surface area contributed by atoms with Gasteiger partial charge < -0.3 is 19.5 Å². The lowest BCUT2D eigenvalue weighted by molar-refractivity contribution is 0.0657. The molecule has 0 aliphatic carbocycles. The van der Waals surface area contributed by atoms with Crippen LogP contribution >= 0.6 is 35.3 Å². The summed E-state index contributed by atoms with van der Waals surface area (Å²) in [6, 6.07) is 3.45. The van der Waals surface area contributed by atoms with Crippen molar-refractivity contribution >= 4 is 47.2 Å². The van der Waals surface area contributed by atoms with E-state index in [1.807, 2.05) is 4.90 Å². The number of nitrogens with one attached hydrogen (secondary N) is 1. The van der Waals surface area contributed by atoms with Crippen molar-refractivity contribution in [3.63, 3.8) is 0 Å². The van der Waals surface area contributed by atoms with Gasteiger partial charge in [-0.15, -0.1) is 35.3 Å². The SMILES string of the molecule is CCNC(=NCc1nc(C(C)(C)C)cs1)N1CCN(C(=O)c2ccco2)CC1.I. The molecule has 0 atom stereocenters. The zero-order chi connectivity index (χ0) is 20.1. The molecule has 1 saturated heterocycles. The first kappa shape index (κ1) is 23.7. The summed E-state index contributed by atoms with van der Waals surface area (Å²) >= 11 is 1.66. The second-order valence-corrected chi connectivity index (χ2v) is 8.75. The fraction of sp³-hybridized carbons (Fsp3) is 0.550. The summed E-state index contributed by atoms with van der Waals surface area (Å²) in [7, 11) is 0. The van der Waals surface area contributed by atoms with Crippen LogP contribution in [-0.2, 0) is 12.0 Å². The number of carbonyl (C=O) groups excluding carboxylic acids is 1. The first-order valence-corrected chi connectivity index (χ1v) is 10.6. The maximum atomic E-state index is 12.4. The van der Waals surface area contributed by atoms with E-state index in [1.54, 1.807) is 23.5 Å². The van der Waals surface area contributed by atoms with Gasteiger partial charge >= 0.3 is 0 Å². The van der Waals surface area contributed by atoms with Crippen LogP contribution in [0.5, 0.6) is 0 Å². The molecular weight excluding hydrogens is 501 g/mol. The highest BCUT2D eigenvalue weighted by Gasteiger charge is 2.25. The predicted molar refractivity (Wildman–Crippen MR) is 127 cm³/mol. The molecule has 1 aliphatic rings. The average Bonchev–Trinajstić information content (AvgIpc) is 3.36. The number of guanidine groups is 1. The molecule has 29 heavy (non-hydrogen) atoms. The van der Waals surface area contributed by atoms with Crippen LogP contribution < -0.4 is 5.32 Å². The Morgan fingerprint density at radius 2 is 1.97 bits per heavy atom. The molecule has 2 aromatic rings. The summed E-state index contributed by atoms with van der Waals surface area (Å²) in [5.41, 5.74) is 1.16. The number of halogens is 1. The summed E-state index contributed by atoms with van der Waals surface area (Å²) in [4.78, 5) is 26.0. The normalized spacial score (nSPS) is 15.2. The van der Waals surface area contributed by atoms with Gasteiger partial charge in [-0.2, -0.15) is 0 Å². The van der Waals surface area contributed by atoms with E-state index in [4.69, 9.17) is 14.4 Å². The number of aromatic nitrogens is 1. The van der Waals surface area contributed by atoms with Crippen LogP contribution in [0.15, 0.2) is 33.2 Å². The third kappa shape index (κ3) is 6.18. The molecule has 0 spiro atoms. The molecule has 0 bridgehead atoms. The number of aliphatic imine (C=N–C) groups is 1. The van der Waals surface area contributed by atoms with Gasteiger partial charge in [-0.3, -0.25) is 4.79 Å². The molecule has 1 amide bonds. The number of thiazole rings is 1. The number of nitrogens with zero attached hydrogens (tertiary/aromatic N) is 4. The van der Waals surface area contributed by atoms with E-state index in [-0.39, 0.29) is 35.3 Å². The van der Waals surface area contributed by atoms with E-state index in [1.165, 1.54) is 6.26 Å². The minimum atomic E-state index is -0.0518. The van der Waals surface area contributed by atoms with E-state index in [0.29, 0.717) is 25.4 Å². The molecule has 1 fully saturated rings. The van der Waals surface area contributed by atoms with Crippen LogP contribution in [0, 0.1) is 0 Å². The lowest BCUT2D eigenvalue weighted by atomic mass is 9.93. The van der Waals surface area contributed by atoms with Gasteiger partial charge in [-0.1, -0.05) is 20.8 Å². The molecule has 7 nitrogen and oxygen atoms in total. The van der Waals surface area contributed by atoms with Crippen LogP contribution in [0.4, 0.5) is 0 Å². The van der Waals surface area contributed by atoms with Crippen molar-refractivity contribution in [2.45, 2.75) is 39.7 Å². The third-order valence-corrected chi connectivity index (χ3v) is 5.45. The molecule has 3 rings (SSSR count). The highest BCUT2D eigenvalue weighted by atomic mass is 127. The van der Waals surface area contributed by atoms with Crippen LogP contribution in [0.25, 0.3) is 0 Å². The number of hydrogen-bond donors (Lipinski definition) is 1. The van der Waals surface area contributed by atoms with Gasteiger partial charge in [0.15, 0.2) is 11.7 Å². The zero-order valence-electron chi connectivity index (χ0n) is 17.5. The largest absolute Gasteiger partial charge is 0.459 e. The van der Waals surface area contributed by atoms with Gasteiger partial charge in [-0.05, 0) is 19.1 Å². The second-order valence-electron chi connectivity index (χ2n) is 7.80. The molecule has 0 unspecified atom stereocenters. The predicted octanol–water partition coefficient (Wildman–Crippen LogP) is 3.58. The zero-order valence-corrected chi connectivity index (χ0v) is 20.6. The van der Waals surface area contributed by atoms with Gasteiger partial charge in [0.05, 0.1) is 18.5 Å². The standard InChI is InChI=1S/C20H29N5O2S.HI/c1-5-21-19(22-13-17-23-16(14-28-17)20(2,3)4)25-10-8-24(9-11-25)18(26)15-7-6-12-27-15;/h6-7,12,14H,5,8-11,13H2,1-4H3,(H,21,22);1H. The minimum Gasteiger partial charge on any atom is -0.459 e. The van der Waals surface area contributed by atoms with Crippen molar-refractivity contribution in [1.82, 2.24) is 20.1 Å². The fourth-order valence-electron chi connectivity index (χ4n) is 2.97. The van der Waals surface area contributed by atoms with Crippen LogP contribution in [0.1, 0.15) is 49.0 Å². The number of rotatable bonds is 4. The van der Waals surface area contributed by atoms with Crippen molar-refractivity contribution < 1.29 is 9.21 Å². The monoisotopic (exact) mass is 531 g/mol. The molecule has 0 radical (unpaired) electrons. The Bertz CT molecular complexity index is 805. The highest BCUT2D eigenvalue weighted by Crippen LogP contribution is 2.24. The molecule has 160 valence electrons. The van der Waals surface area contributed by atoms with Crippen molar-refractivity contribution in [3.8, 4) is 0 Å². The lowest BCUT2D eigenvalue weighted by Gasteiger charge is -2.36. The van der Waals surface area contributed by atoms with E-state index < -0.39 is 0 Å². The fourth-order valence-corrected chi connectivity index (χ4v) is 3.92. The van der Waals surface area contributed by atoms with Crippen molar-refractivity contribution in [2.24, 2.45) is 4.99 Å². The Hall–Kier alpha value is -1.62. The third-order valence-electron chi connectivity index (χ3n) is 4.62. The average molecular weight is 531 g/mol. The maximum Gasteiger partial charge on any atom is 0.289 e. The molecule has 3 heterocycles. The van der Waals surface area contributed by atoms with Gasteiger partial charge in [0.2, 0.25) is 0 Å². The van der Waals surface area contributed by atoms with E-state index in [2.05, 4.69) is 43.3 Å². The van der Waals surface area contributed by atoms with Crippen molar-refractivity contribution in [3.05, 3.63) is 40.2 Å². The number of hydrogen-bond acceptors (Lipinski definition) is 5. The number of furan rings is 1. The Balaban J connectivity index is 0.00000300. The summed E-state index contributed by atoms with van der Waals surface area (Å²) < 4.78 is 5.23. The highest BCUT2D eigenvalue weighted by molar-refractivity contribution is 14.0. The Labute approximate surface area is 193 Å². The first-order valence-electron chi connectivity index (χ1n) is 9.69. The summed E-state index contributed by atoms with van der Waals surface area (Å²) in [6.45, 7) is 12.7. The molecule has 1 aliphatic heterocycles. The Morgan fingerprint density at radius 3 is 2.52 bits per heavy atom. The van der Waals surface area contributed by atoms with E-state index in [0.717, 1.165) is 36.3 Å². The van der Waals surface area contributed by atoms with Gasteiger partial charge in [0, 0.05) is 43.5 Å².